The Morgan fingerprint density at radius 2 is 0.796 bits per heavy atom. The lowest BCUT2D eigenvalue weighted by atomic mass is 10.1. The van der Waals surface area contributed by atoms with Crippen LogP contribution in [0.1, 0.15) is 22.3 Å². The lowest BCUT2D eigenvalue weighted by Crippen LogP contribution is -2.15. The normalized spacial score (nSPS) is 16.1. The molecule has 0 saturated carbocycles. The van der Waals surface area contributed by atoms with Crippen molar-refractivity contribution in [1.29, 1.82) is 0 Å². The van der Waals surface area contributed by atoms with Gasteiger partial charge in [0.2, 0.25) is 0 Å². The maximum atomic E-state index is 6.11. The topological polar surface area (TPSA) is 85.9 Å². The molecule has 49 heavy (non-hydrogen) atoms. The molecule has 1 N–H and O–H groups in total. The highest BCUT2D eigenvalue weighted by Crippen LogP contribution is 2.29. The predicted octanol–water partition coefficient (Wildman–Crippen LogP) is 6.44. The van der Waals surface area contributed by atoms with Gasteiger partial charge in [-0.1, -0.05) is 84.9 Å². The van der Waals surface area contributed by atoms with Crippen LogP contribution >= 0.6 is 0 Å². The summed E-state index contributed by atoms with van der Waals surface area (Å²) < 4.78 is 46.6. The first-order chi connectivity index (χ1) is 24.3. The van der Waals surface area contributed by atoms with Gasteiger partial charge in [0.05, 0.1) is 52.9 Å². The van der Waals surface area contributed by atoms with E-state index in [0.717, 1.165) is 24.2 Å². The number of hydrogen-bond acceptors (Lipinski definition) is 9. The van der Waals surface area contributed by atoms with Crippen LogP contribution in [0.5, 0.6) is 23.0 Å². The summed E-state index contributed by atoms with van der Waals surface area (Å²) in [6.07, 6.45) is 4.17. The van der Waals surface area contributed by atoms with Crippen LogP contribution in [-0.4, -0.2) is 79.3 Å². The van der Waals surface area contributed by atoms with Crippen molar-refractivity contribution in [3.05, 3.63) is 119 Å². The molecule has 0 radical (unpaired) electrons. The molecule has 1 aliphatic rings. The fourth-order valence-electron chi connectivity index (χ4n) is 4.92. The molecule has 9 heteroatoms. The van der Waals surface area contributed by atoms with Gasteiger partial charge in [-0.15, -0.1) is 0 Å². The van der Waals surface area contributed by atoms with Crippen LogP contribution in [0.3, 0.4) is 0 Å². The van der Waals surface area contributed by atoms with Crippen molar-refractivity contribution in [3.8, 4) is 23.0 Å². The average Bonchev–Trinajstić information content (AvgIpc) is 3.14. The number of para-hydroxylation sites is 2. The molecule has 0 bridgehead atoms. The van der Waals surface area contributed by atoms with E-state index in [1.54, 1.807) is 0 Å². The summed E-state index contributed by atoms with van der Waals surface area (Å²) in [6.45, 7) is 6.77. The SMILES string of the molecule is C(=C\c1ccc2c(c1)OCCOCCOCCOc1ccccc1OCCOCCOCCO2)/c1ccc(CNCc2ccccc2)cc1. The van der Waals surface area contributed by atoms with Crippen molar-refractivity contribution in [3.63, 3.8) is 0 Å². The first-order valence-electron chi connectivity index (χ1n) is 16.9. The van der Waals surface area contributed by atoms with Gasteiger partial charge in [-0.25, -0.2) is 0 Å². The summed E-state index contributed by atoms with van der Waals surface area (Å²) in [5.41, 5.74) is 4.64. The van der Waals surface area contributed by atoms with Crippen molar-refractivity contribution in [2.45, 2.75) is 13.1 Å². The Balaban J connectivity index is 1.11. The van der Waals surface area contributed by atoms with Crippen LogP contribution < -0.4 is 24.3 Å². The Labute approximate surface area is 289 Å². The average molecular weight is 670 g/mol. The van der Waals surface area contributed by atoms with Gasteiger partial charge in [0.25, 0.3) is 0 Å². The van der Waals surface area contributed by atoms with E-state index in [0.29, 0.717) is 102 Å². The molecule has 0 unspecified atom stereocenters. The lowest BCUT2D eigenvalue weighted by molar-refractivity contribution is 0.0223. The molecule has 9 nitrogen and oxygen atoms in total. The van der Waals surface area contributed by atoms with Crippen molar-refractivity contribution in [2.24, 2.45) is 0 Å². The maximum absolute atomic E-state index is 6.11. The molecule has 0 aromatic heterocycles. The fraction of sp³-hybridized carbons (Fsp3) is 0.350. The highest BCUT2D eigenvalue weighted by atomic mass is 16.6. The molecule has 0 fully saturated rings. The Morgan fingerprint density at radius 1 is 0.388 bits per heavy atom. The minimum Gasteiger partial charge on any atom is -0.487 e. The molecule has 0 aliphatic carbocycles. The number of nitrogens with one attached hydrogen (secondary N) is 1. The standard InChI is InChI=1S/C40H47NO8/c1-2-6-35(7-3-1)31-41-32-36-14-11-33(12-15-36)10-13-34-16-17-39-40(30-34)49-29-25-45-21-20-43-23-27-47-38-9-5-4-8-37(38)46-26-22-42-18-19-44-24-28-48-39/h1-17,30,41H,18-29,31-32H2/b13-10+. The zero-order chi connectivity index (χ0) is 33.6. The van der Waals surface area contributed by atoms with Gasteiger partial charge in [0.1, 0.15) is 26.4 Å². The van der Waals surface area contributed by atoms with Gasteiger partial charge in [-0.05, 0) is 46.5 Å². The van der Waals surface area contributed by atoms with E-state index in [-0.39, 0.29) is 0 Å². The van der Waals surface area contributed by atoms with E-state index < -0.39 is 0 Å². The molecule has 1 heterocycles. The Kier molecular flexibility index (Phi) is 15.8. The van der Waals surface area contributed by atoms with Gasteiger partial charge >= 0.3 is 0 Å². The third kappa shape index (κ3) is 13.6. The first-order valence-corrected chi connectivity index (χ1v) is 16.9. The number of rotatable bonds is 6. The minimum atomic E-state index is 0.372. The van der Waals surface area contributed by atoms with Gasteiger partial charge in [0, 0.05) is 13.1 Å². The Morgan fingerprint density at radius 3 is 1.35 bits per heavy atom. The van der Waals surface area contributed by atoms with E-state index in [9.17, 15) is 0 Å². The smallest absolute Gasteiger partial charge is 0.161 e. The van der Waals surface area contributed by atoms with Gasteiger partial charge < -0.3 is 43.2 Å². The molecule has 1 aliphatic heterocycles. The molecule has 260 valence electrons. The number of fused-ring (bicyclic) bond motifs is 2. The second-order valence-corrected chi connectivity index (χ2v) is 11.2. The molecule has 0 spiro atoms. The van der Waals surface area contributed by atoms with Crippen LogP contribution in [0, 0.1) is 0 Å². The van der Waals surface area contributed by atoms with Crippen molar-refractivity contribution >= 4 is 12.2 Å². The van der Waals surface area contributed by atoms with Crippen molar-refractivity contribution in [1.82, 2.24) is 5.32 Å². The van der Waals surface area contributed by atoms with Gasteiger partial charge in [0.15, 0.2) is 23.0 Å². The van der Waals surface area contributed by atoms with E-state index in [2.05, 4.69) is 66.0 Å². The monoisotopic (exact) mass is 669 g/mol. The molecule has 0 atom stereocenters. The maximum Gasteiger partial charge on any atom is 0.161 e. The molecule has 5 rings (SSSR count). The molecular formula is C40H47NO8. The second kappa shape index (κ2) is 21.6. The van der Waals surface area contributed by atoms with Crippen LogP contribution in [-0.2, 0) is 32.0 Å². The molecular weight excluding hydrogens is 622 g/mol. The third-order valence-electron chi connectivity index (χ3n) is 7.45. The summed E-state index contributed by atoms with van der Waals surface area (Å²) in [4.78, 5) is 0. The minimum absolute atomic E-state index is 0.372. The fourth-order valence-corrected chi connectivity index (χ4v) is 4.92. The third-order valence-corrected chi connectivity index (χ3v) is 7.45. The highest BCUT2D eigenvalue weighted by molar-refractivity contribution is 5.71. The van der Waals surface area contributed by atoms with E-state index in [1.165, 1.54) is 11.1 Å². The van der Waals surface area contributed by atoms with E-state index in [1.807, 2.05) is 48.5 Å². The highest BCUT2D eigenvalue weighted by Gasteiger charge is 2.08. The zero-order valence-electron chi connectivity index (χ0n) is 28.1. The summed E-state index contributed by atoms with van der Waals surface area (Å²) in [5, 5.41) is 3.50. The van der Waals surface area contributed by atoms with Crippen LogP contribution in [0.25, 0.3) is 12.2 Å². The predicted molar refractivity (Wildman–Crippen MR) is 190 cm³/mol. The quantitative estimate of drug-likeness (QED) is 0.233. The number of ether oxygens (including phenoxy) is 8. The summed E-state index contributed by atoms with van der Waals surface area (Å²) >= 11 is 0. The summed E-state index contributed by atoms with van der Waals surface area (Å²) in [6, 6.07) is 32.5. The van der Waals surface area contributed by atoms with Gasteiger partial charge in [-0.3, -0.25) is 0 Å². The van der Waals surface area contributed by atoms with Crippen LogP contribution in [0.15, 0.2) is 97.1 Å². The first kappa shape index (κ1) is 35.9. The number of benzene rings is 4. The molecule has 0 amide bonds. The van der Waals surface area contributed by atoms with Gasteiger partial charge in [-0.2, -0.15) is 0 Å². The summed E-state index contributed by atoms with van der Waals surface area (Å²) in [7, 11) is 0. The lowest BCUT2D eigenvalue weighted by Gasteiger charge is -2.15. The Hall–Kier alpha value is -4.38. The molecule has 4 aromatic carbocycles. The van der Waals surface area contributed by atoms with E-state index in [4.69, 9.17) is 37.9 Å². The zero-order valence-corrected chi connectivity index (χ0v) is 28.1. The van der Waals surface area contributed by atoms with E-state index >= 15 is 0 Å². The molecule has 0 saturated heterocycles. The van der Waals surface area contributed by atoms with Crippen LogP contribution in [0.2, 0.25) is 0 Å². The van der Waals surface area contributed by atoms with Crippen LogP contribution in [0.4, 0.5) is 0 Å². The number of hydrogen-bond donors (Lipinski definition) is 1. The second-order valence-electron chi connectivity index (χ2n) is 11.2. The molecule has 4 aromatic rings. The van der Waals surface area contributed by atoms with Crippen molar-refractivity contribution < 1.29 is 37.9 Å². The summed E-state index contributed by atoms with van der Waals surface area (Å²) in [5.74, 6) is 2.65. The van der Waals surface area contributed by atoms with Crippen molar-refractivity contribution in [2.75, 3.05) is 79.3 Å². The Bertz CT molecular complexity index is 1510. The largest absolute Gasteiger partial charge is 0.487 e.